The van der Waals surface area contributed by atoms with Crippen molar-refractivity contribution in [3.8, 4) is 0 Å². The molecular weight excluding hydrogens is 262 g/mol. The molecule has 0 aromatic carbocycles. The second kappa shape index (κ2) is 5.38. The summed E-state index contributed by atoms with van der Waals surface area (Å²) in [7, 11) is 0. The fourth-order valence-corrected chi connectivity index (χ4v) is 3.54. The summed E-state index contributed by atoms with van der Waals surface area (Å²) < 4.78 is 6.41. The zero-order chi connectivity index (χ0) is 13.2. The van der Waals surface area contributed by atoms with Crippen LogP contribution in [0.4, 0.5) is 5.82 Å². The maximum Gasteiger partial charge on any atom is 0.161 e. The Morgan fingerprint density at radius 2 is 2.21 bits per heavy atom. The summed E-state index contributed by atoms with van der Waals surface area (Å²) in [5.41, 5.74) is 4.86. The summed E-state index contributed by atoms with van der Waals surface area (Å²) in [5, 5.41) is 0. The highest BCUT2D eigenvalue weighted by Gasteiger charge is 2.17. The van der Waals surface area contributed by atoms with Gasteiger partial charge >= 0.3 is 0 Å². The van der Waals surface area contributed by atoms with E-state index in [1.165, 1.54) is 10.4 Å². The van der Waals surface area contributed by atoms with Crippen LogP contribution in [0.5, 0.6) is 0 Å². The molecule has 2 aromatic rings. The minimum atomic E-state index is 0.700. The van der Waals surface area contributed by atoms with Gasteiger partial charge in [0.1, 0.15) is 6.33 Å². The molecule has 3 heterocycles. The normalized spacial score (nSPS) is 16.9. The number of hydrogen-bond donors (Lipinski definition) is 2. The Hall–Kier alpha value is -1.28. The van der Waals surface area contributed by atoms with Gasteiger partial charge in [-0.3, -0.25) is 4.90 Å². The van der Waals surface area contributed by atoms with Gasteiger partial charge in [-0.2, -0.15) is 0 Å². The molecule has 6 nitrogen and oxygen atoms in total. The van der Waals surface area contributed by atoms with E-state index in [-0.39, 0.29) is 0 Å². The smallest absolute Gasteiger partial charge is 0.161 e. The summed E-state index contributed by atoms with van der Waals surface area (Å²) in [6, 6.07) is 0. The van der Waals surface area contributed by atoms with E-state index in [9.17, 15) is 0 Å². The SMILES string of the molecule is Cc1c(CN2CCOCC2)sc2c(NN)ncnc12. The van der Waals surface area contributed by atoms with Crippen LogP contribution in [-0.4, -0.2) is 41.2 Å². The molecule has 3 N–H and O–H groups in total. The third-order valence-corrected chi connectivity index (χ3v) is 4.68. The summed E-state index contributed by atoms with van der Waals surface area (Å²) in [6.45, 7) is 6.67. The van der Waals surface area contributed by atoms with Gasteiger partial charge in [0, 0.05) is 24.5 Å². The van der Waals surface area contributed by atoms with E-state index in [4.69, 9.17) is 10.6 Å². The molecule has 0 bridgehead atoms. The Bertz CT molecular complexity index is 579. The fraction of sp³-hybridized carbons (Fsp3) is 0.500. The molecule has 0 radical (unpaired) electrons. The van der Waals surface area contributed by atoms with Gasteiger partial charge in [-0.1, -0.05) is 0 Å². The van der Waals surface area contributed by atoms with E-state index >= 15 is 0 Å². The minimum absolute atomic E-state index is 0.700. The van der Waals surface area contributed by atoms with E-state index in [0.717, 1.165) is 43.1 Å². The number of ether oxygens (including phenoxy) is 1. The number of nitrogens with one attached hydrogen (secondary N) is 1. The van der Waals surface area contributed by atoms with Gasteiger partial charge in [-0.05, 0) is 12.5 Å². The third-order valence-electron chi connectivity index (χ3n) is 3.41. The van der Waals surface area contributed by atoms with Gasteiger partial charge in [0.05, 0.1) is 23.4 Å². The Balaban J connectivity index is 1.93. The number of hydrogen-bond acceptors (Lipinski definition) is 7. The molecule has 0 aliphatic carbocycles. The summed E-state index contributed by atoms with van der Waals surface area (Å²) in [6.07, 6.45) is 1.55. The van der Waals surface area contributed by atoms with Crippen LogP contribution in [0.3, 0.4) is 0 Å². The zero-order valence-corrected chi connectivity index (χ0v) is 11.7. The quantitative estimate of drug-likeness (QED) is 0.647. The predicted octanol–water partition coefficient (Wildman–Crippen LogP) is 1.12. The first-order valence-corrected chi connectivity index (χ1v) is 7.11. The van der Waals surface area contributed by atoms with Crippen LogP contribution < -0.4 is 11.3 Å². The molecule has 3 rings (SSSR count). The largest absolute Gasteiger partial charge is 0.379 e. The van der Waals surface area contributed by atoms with Crippen molar-refractivity contribution < 1.29 is 4.74 Å². The fourth-order valence-electron chi connectivity index (χ4n) is 2.29. The van der Waals surface area contributed by atoms with E-state index in [1.54, 1.807) is 17.7 Å². The van der Waals surface area contributed by atoms with Gasteiger partial charge in [-0.15, -0.1) is 11.3 Å². The van der Waals surface area contributed by atoms with Crippen molar-refractivity contribution in [1.29, 1.82) is 0 Å². The van der Waals surface area contributed by atoms with Crippen molar-refractivity contribution >= 4 is 27.4 Å². The molecule has 1 fully saturated rings. The number of fused-ring (bicyclic) bond motifs is 1. The topological polar surface area (TPSA) is 76.3 Å². The van der Waals surface area contributed by atoms with Crippen LogP contribution in [-0.2, 0) is 11.3 Å². The summed E-state index contributed by atoms with van der Waals surface area (Å²) in [4.78, 5) is 12.3. The molecule has 7 heteroatoms. The predicted molar refractivity (Wildman–Crippen MR) is 76.1 cm³/mol. The maximum atomic E-state index is 5.50. The van der Waals surface area contributed by atoms with Crippen molar-refractivity contribution in [2.75, 3.05) is 31.7 Å². The maximum absolute atomic E-state index is 5.50. The van der Waals surface area contributed by atoms with Gasteiger partial charge in [0.15, 0.2) is 5.82 Å². The minimum Gasteiger partial charge on any atom is -0.379 e. The molecule has 2 aromatic heterocycles. The van der Waals surface area contributed by atoms with Crippen LogP contribution in [0.2, 0.25) is 0 Å². The first kappa shape index (κ1) is 12.7. The Morgan fingerprint density at radius 3 is 2.95 bits per heavy atom. The highest BCUT2D eigenvalue weighted by molar-refractivity contribution is 7.19. The molecule has 0 amide bonds. The van der Waals surface area contributed by atoms with E-state index in [0.29, 0.717) is 5.82 Å². The molecule has 1 aliphatic rings. The van der Waals surface area contributed by atoms with Crippen molar-refractivity contribution in [2.24, 2.45) is 5.84 Å². The average Bonchev–Trinajstić information content (AvgIpc) is 2.77. The van der Waals surface area contributed by atoms with E-state index < -0.39 is 0 Å². The van der Waals surface area contributed by atoms with Crippen LogP contribution >= 0.6 is 11.3 Å². The molecular formula is C12H17N5OS. The van der Waals surface area contributed by atoms with E-state index in [2.05, 4.69) is 27.2 Å². The Kier molecular flexibility index (Phi) is 3.61. The van der Waals surface area contributed by atoms with Gasteiger partial charge in [-0.25, -0.2) is 15.8 Å². The number of nitrogens with two attached hydrogens (primary N) is 1. The molecule has 0 unspecified atom stereocenters. The first-order valence-electron chi connectivity index (χ1n) is 6.29. The summed E-state index contributed by atoms with van der Waals surface area (Å²) >= 11 is 1.72. The number of aromatic nitrogens is 2. The highest BCUT2D eigenvalue weighted by atomic mass is 32.1. The van der Waals surface area contributed by atoms with Crippen LogP contribution in [0.1, 0.15) is 10.4 Å². The average molecular weight is 279 g/mol. The van der Waals surface area contributed by atoms with Gasteiger partial charge < -0.3 is 10.2 Å². The second-order valence-corrected chi connectivity index (χ2v) is 5.69. The lowest BCUT2D eigenvalue weighted by molar-refractivity contribution is 0.0346. The van der Waals surface area contributed by atoms with E-state index in [1.807, 2.05) is 0 Å². The zero-order valence-electron chi connectivity index (χ0n) is 10.8. The lowest BCUT2D eigenvalue weighted by Crippen LogP contribution is -2.35. The number of morpholine rings is 1. The van der Waals surface area contributed by atoms with Crippen LogP contribution in [0, 0.1) is 6.92 Å². The standard InChI is InChI=1S/C12H17N5OS/c1-8-9(6-17-2-4-18-5-3-17)19-11-10(8)14-7-15-12(11)16-13/h7H,2-6,13H2,1H3,(H,14,15,16). The number of hydrazine groups is 1. The van der Waals surface area contributed by atoms with Crippen molar-refractivity contribution in [2.45, 2.75) is 13.5 Å². The Morgan fingerprint density at radius 1 is 1.42 bits per heavy atom. The molecule has 1 saturated heterocycles. The summed E-state index contributed by atoms with van der Waals surface area (Å²) in [5.74, 6) is 6.20. The molecule has 0 saturated carbocycles. The molecule has 0 atom stereocenters. The van der Waals surface area contributed by atoms with Crippen molar-refractivity contribution in [1.82, 2.24) is 14.9 Å². The monoisotopic (exact) mass is 279 g/mol. The second-order valence-electron chi connectivity index (χ2n) is 4.58. The first-order chi connectivity index (χ1) is 9.29. The molecule has 102 valence electrons. The molecule has 19 heavy (non-hydrogen) atoms. The van der Waals surface area contributed by atoms with Crippen molar-refractivity contribution in [3.05, 3.63) is 16.8 Å². The van der Waals surface area contributed by atoms with Gasteiger partial charge in [0.2, 0.25) is 0 Å². The number of thiophene rings is 1. The number of nitrogen functional groups attached to an aromatic ring is 1. The number of rotatable bonds is 3. The number of anilines is 1. The lowest BCUT2D eigenvalue weighted by atomic mass is 10.2. The number of nitrogens with zero attached hydrogens (tertiary/aromatic N) is 3. The van der Waals surface area contributed by atoms with Crippen LogP contribution in [0.25, 0.3) is 10.2 Å². The third kappa shape index (κ3) is 2.42. The van der Waals surface area contributed by atoms with Gasteiger partial charge in [0.25, 0.3) is 0 Å². The number of aryl methyl sites for hydroxylation is 1. The highest BCUT2D eigenvalue weighted by Crippen LogP contribution is 2.33. The van der Waals surface area contributed by atoms with Crippen molar-refractivity contribution in [3.63, 3.8) is 0 Å². The Labute approximate surface area is 115 Å². The lowest BCUT2D eigenvalue weighted by Gasteiger charge is -2.26. The molecule has 0 spiro atoms. The molecule has 1 aliphatic heterocycles. The van der Waals surface area contributed by atoms with Crippen LogP contribution in [0.15, 0.2) is 6.33 Å².